The van der Waals surface area contributed by atoms with Crippen molar-refractivity contribution in [2.24, 2.45) is 0 Å². The van der Waals surface area contributed by atoms with Crippen LogP contribution in [-0.4, -0.2) is 35.3 Å². The SMILES string of the molecule is ClCc1cncnc1N1CCOC2CCCCC21. The zero-order chi connectivity index (χ0) is 12.4. The van der Waals surface area contributed by atoms with Crippen LogP contribution in [0.2, 0.25) is 0 Å². The van der Waals surface area contributed by atoms with E-state index in [1.54, 1.807) is 6.33 Å². The van der Waals surface area contributed by atoms with Gasteiger partial charge in [0.2, 0.25) is 0 Å². The van der Waals surface area contributed by atoms with Crippen LogP contribution in [0.4, 0.5) is 5.82 Å². The smallest absolute Gasteiger partial charge is 0.136 e. The van der Waals surface area contributed by atoms with E-state index in [1.165, 1.54) is 25.7 Å². The van der Waals surface area contributed by atoms with Crippen LogP contribution in [0.3, 0.4) is 0 Å². The van der Waals surface area contributed by atoms with E-state index < -0.39 is 0 Å². The van der Waals surface area contributed by atoms with Gasteiger partial charge >= 0.3 is 0 Å². The van der Waals surface area contributed by atoms with Gasteiger partial charge in [0, 0.05) is 18.3 Å². The van der Waals surface area contributed by atoms with Crippen molar-refractivity contribution in [3.63, 3.8) is 0 Å². The van der Waals surface area contributed by atoms with Gasteiger partial charge in [0.1, 0.15) is 12.1 Å². The Hall–Kier alpha value is -0.870. The molecule has 2 atom stereocenters. The van der Waals surface area contributed by atoms with Crippen molar-refractivity contribution < 1.29 is 4.74 Å². The number of morpholine rings is 1. The minimum Gasteiger partial charge on any atom is -0.374 e. The number of alkyl halides is 1. The second-order valence-corrected chi connectivity index (χ2v) is 5.23. The Labute approximate surface area is 112 Å². The lowest BCUT2D eigenvalue weighted by atomic mass is 9.90. The number of halogens is 1. The first-order valence-electron chi connectivity index (χ1n) is 6.63. The molecule has 1 aliphatic heterocycles. The Kier molecular flexibility index (Phi) is 3.66. The van der Waals surface area contributed by atoms with Crippen molar-refractivity contribution in [1.82, 2.24) is 9.97 Å². The third-order valence-electron chi connectivity index (χ3n) is 3.91. The predicted molar refractivity (Wildman–Crippen MR) is 70.9 cm³/mol. The fraction of sp³-hybridized carbons (Fsp3) is 0.692. The van der Waals surface area contributed by atoms with Crippen molar-refractivity contribution in [3.8, 4) is 0 Å². The summed E-state index contributed by atoms with van der Waals surface area (Å²) in [4.78, 5) is 10.9. The first kappa shape index (κ1) is 12.2. The highest BCUT2D eigenvalue weighted by atomic mass is 35.5. The lowest BCUT2D eigenvalue weighted by molar-refractivity contribution is -0.00904. The van der Waals surface area contributed by atoms with Gasteiger partial charge < -0.3 is 9.64 Å². The second kappa shape index (κ2) is 5.41. The van der Waals surface area contributed by atoms with E-state index in [-0.39, 0.29) is 0 Å². The van der Waals surface area contributed by atoms with Crippen LogP contribution in [0.15, 0.2) is 12.5 Å². The van der Waals surface area contributed by atoms with E-state index >= 15 is 0 Å². The number of aromatic nitrogens is 2. The summed E-state index contributed by atoms with van der Waals surface area (Å²) in [5.74, 6) is 1.46. The van der Waals surface area contributed by atoms with Crippen molar-refractivity contribution in [2.75, 3.05) is 18.1 Å². The number of nitrogens with zero attached hydrogens (tertiary/aromatic N) is 3. The van der Waals surface area contributed by atoms with Crippen LogP contribution in [0.5, 0.6) is 0 Å². The summed E-state index contributed by atoms with van der Waals surface area (Å²) in [5, 5.41) is 0. The molecule has 0 aromatic carbocycles. The van der Waals surface area contributed by atoms with Crippen LogP contribution in [0.25, 0.3) is 0 Å². The molecule has 0 amide bonds. The topological polar surface area (TPSA) is 38.2 Å². The molecule has 0 bridgehead atoms. The van der Waals surface area contributed by atoms with Crippen LogP contribution in [-0.2, 0) is 10.6 Å². The van der Waals surface area contributed by atoms with Crippen molar-refractivity contribution in [3.05, 3.63) is 18.1 Å². The molecule has 2 unspecified atom stereocenters. The molecule has 18 heavy (non-hydrogen) atoms. The monoisotopic (exact) mass is 267 g/mol. The summed E-state index contributed by atoms with van der Waals surface area (Å²) < 4.78 is 5.89. The molecule has 2 heterocycles. The third kappa shape index (κ3) is 2.19. The summed E-state index contributed by atoms with van der Waals surface area (Å²) in [6.07, 6.45) is 8.72. The molecule has 1 saturated carbocycles. The summed E-state index contributed by atoms with van der Waals surface area (Å²) in [6, 6.07) is 0.462. The molecule has 1 aliphatic carbocycles. The lowest BCUT2D eigenvalue weighted by Gasteiger charge is -2.44. The Morgan fingerprint density at radius 3 is 3.17 bits per heavy atom. The zero-order valence-electron chi connectivity index (χ0n) is 10.4. The van der Waals surface area contributed by atoms with Crippen molar-refractivity contribution in [2.45, 2.75) is 43.7 Å². The summed E-state index contributed by atoms with van der Waals surface area (Å²) in [5.41, 5.74) is 1.02. The molecule has 2 aliphatic rings. The molecule has 4 nitrogen and oxygen atoms in total. The third-order valence-corrected chi connectivity index (χ3v) is 4.20. The van der Waals surface area contributed by atoms with Crippen LogP contribution < -0.4 is 4.90 Å². The largest absolute Gasteiger partial charge is 0.374 e. The number of ether oxygens (including phenoxy) is 1. The number of hydrogen-bond acceptors (Lipinski definition) is 4. The van der Waals surface area contributed by atoms with Crippen molar-refractivity contribution in [1.29, 1.82) is 0 Å². The fourth-order valence-corrected chi connectivity index (χ4v) is 3.25. The Bertz CT molecular complexity index is 413. The molecule has 5 heteroatoms. The van der Waals surface area contributed by atoms with Crippen LogP contribution >= 0.6 is 11.6 Å². The molecule has 2 fully saturated rings. The average Bonchev–Trinajstić information content (AvgIpc) is 2.46. The zero-order valence-corrected chi connectivity index (χ0v) is 11.1. The normalized spacial score (nSPS) is 27.9. The van der Waals surface area contributed by atoms with E-state index in [9.17, 15) is 0 Å². The van der Waals surface area contributed by atoms with E-state index in [4.69, 9.17) is 16.3 Å². The van der Waals surface area contributed by atoms with Gasteiger partial charge in [0.05, 0.1) is 24.6 Å². The molecule has 0 N–H and O–H groups in total. The maximum absolute atomic E-state index is 5.99. The maximum atomic E-state index is 5.99. The number of anilines is 1. The van der Waals surface area contributed by atoms with Crippen LogP contribution in [0.1, 0.15) is 31.2 Å². The number of fused-ring (bicyclic) bond motifs is 1. The highest BCUT2D eigenvalue weighted by molar-refractivity contribution is 6.17. The van der Waals surface area contributed by atoms with E-state index in [0.29, 0.717) is 18.0 Å². The molecule has 1 aromatic rings. The molecule has 3 rings (SSSR count). The first-order valence-corrected chi connectivity index (χ1v) is 7.16. The Morgan fingerprint density at radius 1 is 1.39 bits per heavy atom. The van der Waals surface area contributed by atoms with Crippen LogP contribution in [0, 0.1) is 0 Å². The quantitative estimate of drug-likeness (QED) is 0.771. The van der Waals surface area contributed by atoms with Gasteiger partial charge in [-0.2, -0.15) is 0 Å². The van der Waals surface area contributed by atoms with Gasteiger partial charge in [0.25, 0.3) is 0 Å². The maximum Gasteiger partial charge on any atom is 0.136 e. The first-order chi connectivity index (χ1) is 8.90. The van der Waals surface area contributed by atoms with E-state index in [0.717, 1.165) is 24.5 Å². The number of rotatable bonds is 2. The summed E-state index contributed by atoms with van der Waals surface area (Å²) in [6.45, 7) is 1.69. The molecule has 0 radical (unpaired) electrons. The minimum atomic E-state index is 0.366. The van der Waals surface area contributed by atoms with Gasteiger partial charge in [-0.25, -0.2) is 9.97 Å². The van der Waals surface area contributed by atoms with Gasteiger partial charge in [-0.15, -0.1) is 11.6 Å². The Morgan fingerprint density at radius 2 is 2.28 bits per heavy atom. The minimum absolute atomic E-state index is 0.366. The average molecular weight is 268 g/mol. The molecule has 1 aromatic heterocycles. The molecule has 1 saturated heterocycles. The standard InChI is InChI=1S/C13H18ClN3O/c14-7-10-8-15-9-16-13(10)17-5-6-18-12-4-2-1-3-11(12)17/h8-9,11-12H,1-7H2. The van der Waals surface area contributed by atoms with Crippen molar-refractivity contribution >= 4 is 17.4 Å². The van der Waals surface area contributed by atoms with Gasteiger partial charge in [-0.1, -0.05) is 12.8 Å². The molecular weight excluding hydrogens is 250 g/mol. The fourth-order valence-electron chi connectivity index (χ4n) is 3.06. The summed E-state index contributed by atoms with van der Waals surface area (Å²) >= 11 is 5.99. The summed E-state index contributed by atoms with van der Waals surface area (Å²) in [7, 11) is 0. The molecule has 98 valence electrons. The van der Waals surface area contributed by atoms with E-state index in [1.807, 2.05) is 6.20 Å². The molecule has 0 spiro atoms. The highest BCUT2D eigenvalue weighted by Gasteiger charge is 2.35. The van der Waals surface area contributed by atoms with Gasteiger partial charge in [-0.3, -0.25) is 0 Å². The highest BCUT2D eigenvalue weighted by Crippen LogP contribution is 2.32. The molecular formula is C13H18ClN3O. The van der Waals surface area contributed by atoms with Gasteiger partial charge in [-0.05, 0) is 12.8 Å². The number of hydrogen-bond donors (Lipinski definition) is 0. The Balaban J connectivity index is 1.89. The second-order valence-electron chi connectivity index (χ2n) is 4.96. The lowest BCUT2D eigenvalue weighted by Crippen LogP contribution is -2.53. The van der Waals surface area contributed by atoms with E-state index in [2.05, 4.69) is 14.9 Å². The predicted octanol–water partition coefficient (Wildman–Crippen LogP) is 2.36. The van der Waals surface area contributed by atoms with Gasteiger partial charge in [0.15, 0.2) is 0 Å².